The summed E-state index contributed by atoms with van der Waals surface area (Å²) in [6.07, 6.45) is 2.06. The second kappa shape index (κ2) is 14.2. The van der Waals surface area contributed by atoms with Crippen LogP contribution in [0.1, 0.15) is 41.7 Å². The second-order valence-corrected chi connectivity index (χ2v) is 9.26. The number of fused-ring (bicyclic) bond motifs is 1. The molecule has 0 amide bonds. The molecule has 0 radical (unpaired) electrons. The molecule has 2 N–H and O–H groups in total. The summed E-state index contributed by atoms with van der Waals surface area (Å²) < 4.78 is 16.3. The highest BCUT2D eigenvalue weighted by atomic mass is 35.5. The number of nitrogens with one attached hydrogen (secondary N) is 1. The molecule has 0 bridgehead atoms. The second-order valence-electron chi connectivity index (χ2n) is 8.85. The van der Waals surface area contributed by atoms with Gasteiger partial charge in [0.2, 0.25) is 0 Å². The lowest BCUT2D eigenvalue weighted by atomic mass is 9.88. The highest BCUT2D eigenvalue weighted by Crippen LogP contribution is 2.29. The van der Waals surface area contributed by atoms with E-state index in [2.05, 4.69) is 11.4 Å². The number of halogens is 2. The van der Waals surface area contributed by atoms with Crippen molar-refractivity contribution in [3.8, 4) is 11.5 Å². The normalized spacial score (nSPS) is 15.2. The Bertz CT molecular complexity index is 1160. The van der Waals surface area contributed by atoms with Gasteiger partial charge < -0.3 is 24.6 Å². The Balaban J connectivity index is 0.00000380. The summed E-state index contributed by atoms with van der Waals surface area (Å²) in [4.78, 5) is 11.6. The van der Waals surface area contributed by atoms with Crippen LogP contribution >= 0.6 is 24.0 Å². The maximum atomic E-state index is 11.6. The number of carbonyl (C=O) groups is 1. The Kier molecular flexibility index (Phi) is 11.1. The smallest absolute Gasteiger partial charge is 0.344 e. The molecule has 1 unspecified atom stereocenters. The third-order valence-electron chi connectivity index (χ3n) is 6.25. The van der Waals surface area contributed by atoms with Crippen LogP contribution < -0.4 is 14.8 Å². The molecule has 0 fully saturated rings. The molecule has 0 aliphatic heterocycles. The Morgan fingerprint density at radius 1 is 1.08 bits per heavy atom. The fourth-order valence-corrected chi connectivity index (χ4v) is 4.56. The Morgan fingerprint density at radius 2 is 1.89 bits per heavy atom. The largest absolute Gasteiger partial charge is 0.487 e. The number of benzene rings is 3. The first kappa shape index (κ1) is 28.8. The number of aliphatic hydroxyl groups is 1. The van der Waals surface area contributed by atoms with E-state index in [-0.39, 0.29) is 31.0 Å². The van der Waals surface area contributed by atoms with E-state index in [0.717, 1.165) is 30.4 Å². The van der Waals surface area contributed by atoms with E-state index in [0.29, 0.717) is 36.3 Å². The maximum Gasteiger partial charge on any atom is 0.344 e. The predicted octanol–water partition coefficient (Wildman–Crippen LogP) is 5.46. The van der Waals surface area contributed by atoms with Crippen LogP contribution in [0.15, 0.2) is 66.7 Å². The summed E-state index contributed by atoms with van der Waals surface area (Å²) in [6, 6.07) is 21.5. The van der Waals surface area contributed by atoms with Gasteiger partial charge in [-0.3, -0.25) is 0 Å². The first-order valence-corrected chi connectivity index (χ1v) is 12.7. The van der Waals surface area contributed by atoms with E-state index in [4.69, 9.17) is 25.8 Å². The highest BCUT2D eigenvalue weighted by molar-refractivity contribution is 6.32. The first-order valence-electron chi connectivity index (χ1n) is 12.3. The molecule has 3 aromatic rings. The molecular formula is C29H33Cl2NO5. The maximum absolute atomic E-state index is 11.6. The molecule has 0 aromatic heterocycles. The third-order valence-corrected chi connectivity index (χ3v) is 6.54. The van der Waals surface area contributed by atoms with Crippen molar-refractivity contribution in [2.24, 2.45) is 0 Å². The van der Waals surface area contributed by atoms with E-state index >= 15 is 0 Å². The summed E-state index contributed by atoms with van der Waals surface area (Å²) in [5.41, 5.74) is 4.28. The number of ether oxygens (including phenoxy) is 3. The quantitative estimate of drug-likeness (QED) is 0.311. The minimum Gasteiger partial charge on any atom is -0.487 e. The van der Waals surface area contributed by atoms with Crippen molar-refractivity contribution < 1.29 is 24.1 Å². The summed E-state index contributed by atoms with van der Waals surface area (Å²) in [6.45, 7) is 2.86. The van der Waals surface area contributed by atoms with E-state index in [1.165, 1.54) is 11.1 Å². The molecule has 37 heavy (non-hydrogen) atoms. The summed E-state index contributed by atoms with van der Waals surface area (Å²) >= 11 is 6.43. The molecule has 4 rings (SSSR count). The van der Waals surface area contributed by atoms with Crippen molar-refractivity contribution >= 4 is 30.0 Å². The summed E-state index contributed by atoms with van der Waals surface area (Å²) in [7, 11) is 0. The molecule has 8 heteroatoms. The van der Waals surface area contributed by atoms with Crippen LogP contribution in [0.3, 0.4) is 0 Å². The zero-order chi connectivity index (χ0) is 25.3. The van der Waals surface area contributed by atoms with Crippen LogP contribution in [-0.4, -0.2) is 36.9 Å². The first-order chi connectivity index (χ1) is 17.5. The van der Waals surface area contributed by atoms with Crippen LogP contribution in [0.2, 0.25) is 5.02 Å². The Morgan fingerprint density at radius 3 is 2.65 bits per heavy atom. The van der Waals surface area contributed by atoms with Gasteiger partial charge in [0.25, 0.3) is 0 Å². The third kappa shape index (κ3) is 8.37. The van der Waals surface area contributed by atoms with E-state index < -0.39 is 6.10 Å². The zero-order valence-electron chi connectivity index (χ0n) is 20.8. The lowest BCUT2D eigenvalue weighted by Gasteiger charge is -2.27. The van der Waals surface area contributed by atoms with Gasteiger partial charge in [0.15, 0.2) is 6.61 Å². The average Bonchev–Trinajstić information content (AvgIpc) is 2.90. The van der Waals surface area contributed by atoms with Crippen LogP contribution in [0.4, 0.5) is 0 Å². The predicted molar refractivity (Wildman–Crippen MR) is 147 cm³/mol. The molecule has 2 atom stereocenters. The topological polar surface area (TPSA) is 77.0 Å². The van der Waals surface area contributed by atoms with Crippen molar-refractivity contribution in [3.05, 3.63) is 94.0 Å². The number of esters is 1. The monoisotopic (exact) mass is 545 g/mol. The number of hydrogen-bond donors (Lipinski definition) is 2. The number of aliphatic hydroxyl groups excluding tert-OH is 1. The van der Waals surface area contributed by atoms with Gasteiger partial charge in [-0.25, -0.2) is 4.79 Å². The minimum absolute atomic E-state index is 0. The van der Waals surface area contributed by atoms with Gasteiger partial charge in [-0.1, -0.05) is 54.1 Å². The summed E-state index contributed by atoms with van der Waals surface area (Å²) in [5, 5.41) is 14.7. The van der Waals surface area contributed by atoms with Crippen LogP contribution in [0.25, 0.3) is 0 Å². The number of rotatable bonds is 11. The Hall–Kier alpha value is -2.77. The van der Waals surface area contributed by atoms with Gasteiger partial charge in [0, 0.05) is 12.6 Å². The lowest BCUT2D eigenvalue weighted by Crippen LogP contribution is -2.37. The van der Waals surface area contributed by atoms with Gasteiger partial charge in [-0.15, -0.1) is 12.4 Å². The number of hydrogen-bond acceptors (Lipinski definition) is 6. The fraction of sp³-hybridized carbons (Fsp3) is 0.345. The van der Waals surface area contributed by atoms with Gasteiger partial charge in [0.05, 0.1) is 17.7 Å². The Labute approximate surface area is 229 Å². The molecule has 0 spiro atoms. The van der Waals surface area contributed by atoms with Crippen LogP contribution in [0, 0.1) is 0 Å². The van der Waals surface area contributed by atoms with Crippen molar-refractivity contribution in [1.82, 2.24) is 5.32 Å². The van der Waals surface area contributed by atoms with Crippen LogP contribution in [-0.2, 0) is 29.0 Å². The highest BCUT2D eigenvalue weighted by Gasteiger charge is 2.21. The van der Waals surface area contributed by atoms with Crippen molar-refractivity contribution in [2.45, 2.75) is 44.9 Å². The average molecular weight is 546 g/mol. The molecular weight excluding hydrogens is 513 g/mol. The standard InChI is InChI=1S/C29H32ClNO5.ClH/c1-2-34-29(33)19-35-25-12-9-21-8-11-24(14-23(21)15-25)31-17-27(32)22-10-13-28(26(30)16-22)36-18-20-6-4-3-5-7-20;/h3-7,9-10,12-13,15-16,24,27,31-32H,2,8,11,14,17-19H2,1H3;1H/t24?,27-;/m1./s1. The zero-order valence-corrected chi connectivity index (χ0v) is 22.4. The van der Waals surface area contributed by atoms with Gasteiger partial charge in [-0.2, -0.15) is 0 Å². The fourth-order valence-electron chi connectivity index (χ4n) is 4.32. The van der Waals surface area contributed by atoms with Crippen molar-refractivity contribution in [3.63, 3.8) is 0 Å². The minimum atomic E-state index is -0.689. The molecule has 0 saturated carbocycles. The molecule has 0 saturated heterocycles. The van der Waals surface area contributed by atoms with Crippen molar-refractivity contribution in [1.29, 1.82) is 0 Å². The van der Waals surface area contributed by atoms with Crippen LogP contribution in [0.5, 0.6) is 11.5 Å². The SMILES string of the molecule is CCOC(=O)COc1ccc2c(c1)CC(NC[C@@H](O)c1ccc(OCc3ccccc3)c(Cl)c1)CC2.Cl. The van der Waals surface area contributed by atoms with E-state index in [9.17, 15) is 9.90 Å². The number of aryl methyl sites for hydroxylation is 1. The molecule has 0 heterocycles. The molecule has 1 aliphatic rings. The van der Waals surface area contributed by atoms with E-state index in [1.807, 2.05) is 48.5 Å². The lowest BCUT2D eigenvalue weighted by molar-refractivity contribution is -0.145. The van der Waals surface area contributed by atoms with Gasteiger partial charge in [0.1, 0.15) is 18.1 Å². The summed E-state index contributed by atoms with van der Waals surface area (Å²) in [5.74, 6) is 0.876. The van der Waals surface area contributed by atoms with Crippen molar-refractivity contribution in [2.75, 3.05) is 19.8 Å². The molecule has 3 aromatic carbocycles. The van der Waals surface area contributed by atoms with E-state index in [1.54, 1.807) is 19.1 Å². The molecule has 1 aliphatic carbocycles. The molecule has 198 valence electrons. The van der Waals surface area contributed by atoms with Gasteiger partial charge >= 0.3 is 5.97 Å². The molecule has 6 nitrogen and oxygen atoms in total. The van der Waals surface area contributed by atoms with Gasteiger partial charge in [-0.05, 0) is 72.7 Å². The number of carbonyl (C=O) groups excluding carboxylic acids is 1.